The van der Waals surface area contributed by atoms with E-state index in [1.807, 2.05) is 6.07 Å². The van der Waals surface area contributed by atoms with E-state index in [2.05, 4.69) is 20.2 Å². The number of nitrogens with one attached hydrogen (secondary N) is 1. The quantitative estimate of drug-likeness (QED) is 0.936. The number of halogens is 1. The van der Waals surface area contributed by atoms with Gasteiger partial charge in [-0.2, -0.15) is 0 Å². The standard InChI is InChI=1S/C18H19FN4O/c19-14-3-1-13(2-4-14)11-15-20-8-5-16(22-15)23-10-7-18(12-23)6-9-21-17(18)24/h1-5,8H,6-7,9-12H2,(H,21,24). The Kier molecular flexibility index (Phi) is 3.67. The monoisotopic (exact) mass is 326 g/mol. The van der Waals surface area contributed by atoms with Crippen molar-refractivity contribution in [1.82, 2.24) is 15.3 Å². The Hall–Kier alpha value is -2.50. The molecule has 2 saturated heterocycles. The van der Waals surface area contributed by atoms with Crippen LogP contribution in [0.15, 0.2) is 36.5 Å². The fraction of sp³-hybridized carbons (Fsp3) is 0.389. The van der Waals surface area contributed by atoms with E-state index >= 15 is 0 Å². The first kappa shape index (κ1) is 15.1. The molecule has 4 rings (SSSR count). The van der Waals surface area contributed by atoms with Gasteiger partial charge < -0.3 is 10.2 Å². The van der Waals surface area contributed by atoms with E-state index in [1.54, 1.807) is 18.3 Å². The lowest BCUT2D eigenvalue weighted by Crippen LogP contribution is -2.34. The molecule has 2 aromatic rings. The van der Waals surface area contributed by atoms with Gasteiger partial charge in [0.05, 0.1) is 5.41 Å². The third kappa shape index (κ3) is 2.72. The average molecular weight is 326 g/mol. The molecule has 6 heteroatoms. The van der Waals surface area contributed by atoms with Gasteiger partial charge in [0.1, 0.15) is 17.5 Å². The smallest absolute Gasteiger partial charge is 0.228 e. The molecule has 1 spiro atoms. The van der Waals surface area contributed by atoms with Gasteiger partial charge in [-0.05, 0) is 36.6 Å². The highest BCUT2D eigenvalue weighted by molar-refractivity contribution is 5.86. The van der Waals surface area contributed by atoms with Gasteiger partial charge in [0, 0.05) is 32.3 Å². The summed E-state index contributed by atoms with van der Waals surface area (Å²) in [5, 5.41) is 2.94. The van der Waals surface area contributed by atoms with Crippen LogP contribution in [0.25, 0.3) is 0 Å². The number of amides is 1. The van der Waals surface area contributed by atoms with Crippen LogP contribution in [0.4, 0.5) is 10.2 Å². The van der Waals surface area contributed by atoms with E-state index in [9.17, 15) is 9.18 Å². The van der Waals surface area contributed by atoms with E-state index in [4.69, 9.17) is 0 Å². The molecule has 3 heterocycles. The Morgan fingerprint density at radius 3 is 2.79 bits per heavy atom. The molecule has 1 unspecified atom stereocenters. The van der Waals surface area contributed by atoms with Crippen LogP contribution in [0, 0.1) is 11.2 Å². The van der Waals surface area contributed by atoms with Crippen molar-refractivity contribution in [2.75, 3.05) is 24.5 Å². The molecule has 1 aromatic carbocycles. The summed E-state index contributed by atoms with van der Waals surface area (Å²) in [6.45, 7) is 2.32. The van der Waals surface area contributed by atoms with E-state index in [-0.39, 0.29) is 17.1 Å². The van der Waals surface area contributed by atoms with Crippen LogP contribution in [0.1, 0.15) is 24.2 Å². The van der Waals surface area contributed by atoms with Crippen molar-refractivity contribution in [1.29, 1.82) is 0 Å². The van der Waals surface area contributed by atoms with Crippen molar-refractivity contribution in [3.8, 4) is 0 Å². The van der Waals surface area contributed by atoms with E-state index in [0.717, 1.165) is 37.3 Å². The number of hydrogen-bond donors (Lipinski definition) is 1. The number of rotatable bonds is 3. The summed E-state index contributed by atoms with van der Waals surface area (Å²) >= 11 is 0. The van der Waals surface area contributed by atoms with Crippen LogP contribution < -0.4 is 10.2 Å². The van der Waals surface area contributed by atoms with Crippen molar-refractivity contribution in [2.45, 2.75) is 19.3 Å². The molecule has 1 amide bonds. The SMILES string of the molecule is O=C1NCCC12CCN(c1ccnc(Cc3ccc(F)cc3)n1)C2. The van der Waals surface area contributed by atoms with Gasteiger partial charge in [-0.25, -0.2) is 14.4 Å². The molecule has 0 aliphatic carbocycles. The van der Waals surface area contributed by atoms with Gasteiger partial charge in [0.25, 0.3) is 0 Å². The van der Waals surface area contributed by atoms with E-state index in [1.165, 1.54) is 12.1 Å². The van der Waals surface area contributed by atoms with E-state index < -0.39 is 0 Å². The topological polar surface area (TPSA) is 58.1 Å². The van der Waals surface area contributed by atoms with Crippen LogP contribution in [0.5, 0.6) is 0 Å². The molecule has 1 N–H and O–H groups in total. The lowest BCUT2D eigenvalue weighted by Gasteiger charge is -2.21. The van der Waals surface area contributed by atoms with E-state index in [0.29, 0.717) is 18.8 Å². The lowest BCUT2D eigenvalue weighted by atomic mass is 9.86. The third-order valence-corrected chi connectivity index (χ3v) is 5.01. The molecule has 124 valence electrons. The number of carbonyl (C=O) groups excluding carboxylic acids is 1. The molecule has 24 heavy (non-hydrogen) atoms. The number of aromatic nitrogens is 2. The average Bonchev–Trinajstić information content (AvgIpc) is 3.18. The number of anilines is 1. The first-order valence-electron chi connectivity index (χ1n) is 8.24. The Morgan fingerprint density at radius 2 is 2.04 bits per heavy atom. The van der Waals surface area contributed by atoms with Gasteiger partial charge in [-0.3, -0.25) is 4.79 Å². The Balaban J connectivity index is 1.51. The van der Waals surface area contributed by atoms with Gasteiger partial charge in [-0.1, -0.05) is 12.1 Å². The predicted octanol–water partition coefficient (Wildman–Crippen LogP) is 1.92. The number of benzene rings is 1. The van der Waals surface area contributed by atoms with Gasteiger partial charge >= 0.3 is 0 Å². The molecule has 0 radical (unpaired) electrons. The lowest BCUT2D eigenvalue weighted by molar-refractivity contribution is -0.126. The molecule has 1 atom stereocenters. The summed E-state index contributed by atoms with van der Waals surface area (Å²) in [6.07, 6.45) is 4.08. The Bertz CT molecular complexity index is 764. The highest BCUT2D eigenvalue weighted by Gasteiger charge is 2.47. The summed E-state index contributed by atoms with van der Waals surface area (Å²) in [4.78, 5) is 23.2. The number of hydrogen-bond acceptors (Lipinski definition) is 4. The van der Waals surface area contributed by atoms with Gasteiger partial charge in [-0.15, -0.1) is 0 Å². The largest absolute Gasteiger partial charge is 0.356 e. The zero-order valence-corrected chi connectivity index (χ0v) is 13.3. The van der Waals surface area contributed by atoms with Crippen LogP contribution in [0.2, 0.25) is 0 Å². The third-order valence-electron chi connectivity index (χ3n) is 5.01. The number of nitrogens with zero attached hydrogens (tertiary/aromatic N) is 3. The maximum Gasteiger partial charge on any atom is 0.228 e. The molecule has 2 aliphatic heterocycles. The summed E-state index contributed by atoms with van der Waals surface area (Å²) in [5.41, 5.74) is 0.726. The second kappa shape index (κ2) is 5.85. The maximum atomic E-state index is 13.0. The summed E-state index contributed by atoms with van der Waals surface area (Å²) < 4.78 is 13.0. The van der Waals surface area contributed by atoms with Crippen molar-refractivity contribution < 1.29 is 9.18 Å². The first-order valence-corrected chi connectivity index (χ1v) is 8.24. The Morgan fingerprint density at radius 1 is 1.21 bits per heavy atom. The second-order valence-electron chi connectivity index (χ2n) is 6.59. The fourth-order valence-electron chi connectivity index (χ4n) is 3.61. The van der Waals surface area contributed by atoms with Gasteiger partial charge in [0.15, 0.2) is 0 Å². The second-order valence-corrected chi connectivity index (χ2v) is 6.59. The molecule has 2 aliphatic rings. The molecular weight excluding hydrogens is 307 g/mol. The highest BCUT2D eigenvalue weighted by Crippen LogP contribution is 2.38. The van der Waals surface area contributed by atoms with Crippen molar-refractivity contribution in [3.05, 3.63) is 53.7 Å². The molecule has 1 aromatic heterocycles. The summed E-state index contributed by atoms with van der Waals surface area (Å²) in [7, 11) is 0. The fourth-order valence-corrected chi connectivity index (χ4v) is 3.61. The zero-order valence-electron chi connectivity index (χ0n) is 13.3. The first-order chi connectivity index (χ1) is 11.6. The van der Waals surface area contributed by atoms with Crippen LogP contribution in [-0.2, 0) is 11.2 Å². The summed E-state index contributed by atoms with van der Waals surface area (Å²) in [6, 6.07) is 8.28. The van der Waals surface area contributed by atoms with Crippen LogP contribution in [-0.4, -0.2) is 35.5 Å². The van der Waals surface area contributed by atoms with Crippen LogP contribution in [0.3, 0.4) is 0 Å². The minimum absolute atomic E-state index is 0.172. The zero-order chi connectivity index (χ0) is 16.6. The predicted molar refractivity (Wildman–Crippen MR) is 88.1 cm³/mol. The van der Waals surface area contributed by atoms with Crippen molar-refractivity contribution in [2.24, 2.45) is 5.41 Å². The van der Waals surface area contributed by atoms with Crippen molar-refractivity contribution in [3.63, 3.8) is 0 Å². The molecule has 0 saturated carbocycles. The maximum absolute atomic E-state index is 13.0. The number of carbonyl (C=O) groups is 1. The molecular formula is C18H19FN4O. The normalized spacial score (nSPS) is 23.0. The summed E-state index contributed by atoms with van der Waals surface area (Å²) in [5.74, 6) is 1.49. The Labute approximate surface area is 139 Å². The van der Waals surface area contributed by atoms with Crippen molar-refractivity contribution >= 4 is 11.7 Å². The molecule has 2 fully saturated rings. The van der Waals surface area contributed by atoms with Crippen LogP contribution >= 0.6 is 0 Å². The minimum Gasteiger partial charge on any atom is -0.356 e. The highest BCUT2D eigenvalue weighted by atomic mass is 19.1. The van der Waals surface area contributed by atoms with Gasteiger partial charge in [0.2, 0.25) is 5.91 Å². The molecule has 0 bridgehead atoms. The molecule has 5 nitrogen and oxygen atoms in total. The minimum atomic E-state index is -0.248.